The molecule has 3 N–H and O–H groups in total. The molecule has 3 aliphatic rings. The molecular weight excluding hydrogens is 411 g/mol. The number of Topliss-reactive ketones (excluding diaryl/α,β-unsaturated/α-hetero) is 1. The molecule has 168 valence electrons. The van der Waals surface area contributed by atoms with Crippen molar-refractivity contribution in [3.05, 3.63) is 0 Å². The van der Waals surface area contributed by atoms with Crippen LogP contribution in [0.25, 0.3) is 0 Å². The SMILES string of the molecule is O=C(COC(F)(F)F)C(C[C@@H]1CCNC1=O)NC(=O)[C@@H]1CC2(CC2)CN1C(=O)CO. The van der Waals surface area contributed by atoms with E-state index in [1.807, 2.05) is 0 Å². The summed E-state index contributed by atoms with van der Waals surface area (Å²) in [4.78, 5) is 50.3. The molecule has 3 atom stereocenters. The van der Waals surface area contributed by atoms with Gasteiger partial charge in [0, 0.05) is 19.0 Å². The number of amides is 3. The number of rotatable bonds is 8. The fraction of sp³-hybridized carbons (Fsp3) is 0.778. The molecule has 2 aliphatic heterocycles. The Bertz CT molecular complexity index is 724. The van der Waals surface area contributed by atoms with Gasteiger partial charge in [0.2, 0.25) is 17.7 Å². The van der Waals surface area contributed by atoms with Gasteiger partial charge >= 0.3 is 6.36 Å². The van der Waals surface area contributed by atoms with E-state index in [1.165, 1.54) is 4.90 Å². The number of ether oxygens (including phenoxy) is 1. The molecule has 1 spiro atoms. The number of aliphatic hydroxyl groups excluding tert-OH is 1. The van der Waals surface area contributed by atoms with Gasteiger partial charge in [-0.05, 0) is 37.5 Å². The maximum absolute atomic E-state index is 12.9. The second-order valence-electron chi connectivity index (χ2n) is 8.17. The van der Waals surface area contributed by atoms with Crippen molar-refractivity contribution in [3.63, 3.8) is 0 Å². The van der Waals surface area contributed by atoms with E-state index in [1.54, 1.807) is 0 Å². The number of carbonyl (C=O) groups is 4. The number of likely N-dealkylation sites (tertiary alicyclic amines) is 1. The Morgan fingerprint density at radius 3 is 2.57 bits per heavy atom. The minimum atomic E-state index is -5.01. The van der Waals surface area contributed by atoms with E-state index in [4.69, 9.17) is 0 Å². The maximum atomic E-state index is 12.9. The minimum absolute atomic E-state index is 0.163. The molecule has 3 amide bonds. The number of aliphatic hydroxyl groups is 1. The van der Waals surface area contributed by atoms with E-state index in [0.29, 0.717) is 25.9 Å². The van der Waals surface area contributed by atoms with E-state index in [-0.39, 0.29) is 17.7 Å². The second kappa shape index (κ2) is 8.50. The van der Waals surface area contributed by atoms with Gasteiger partial charge < -0.3 is 20.6 Å². The maximum Gasteiger partial charge on any atom is 0.522 e. The van der Waals surface area contributed by atoms with Crippen LogP contribution in [0.5, 0.6) is 0 Å². The van der Waals surface area contributed by atoms with Crippen molar-refractivity contribution in [1.82, 2.24) is 15.5 Å². The summed E-state index contributed by atoms with van der Waals surface area (Å²) in [5.41, 5.74) is -0.183. The fourth-order valence-corrected chi connectivity index (χ4v) is 4.13. The van der Waals surface area contributed by atoms with Crippen LogP contribution in [0.15, 0.2) is 0 Å². The third kappa shape index (κ3) is 5.28. The van der Waals surface area contributed by atoms with Crippen molar-refractivity contribution in [2.24, 2.45) is 11.3 Å². The first-order valence-corrected chi connectivity index (χ1v) is 9.75. The lowest BCUT2D eigenvalue weighted by atomic mass is 9.95. The molecule has 1 saturated carbocycles. The van der Waals surface area contributed by atoms with Gasteiger partial charge in [-0.3, -0.25) is 23.9 Å². The first kappa shape index (κ1) is 22.5. The molecule has 0 bridgehead atoms. The Morgan fingerprint density at radius 1 is 1.33 bits per heavy atom. The Morgan fingerprint density at radius 2 is 2.03 bits per heavy atom. The summed E-state index contributed by atoms with van der Waals surface area (Å²) in [5.74, 6) is -3.30. The summed E-state index contributed by atoms with van der Waals surface area (Å²) >= 11 is 0. The van der Waals surface area contributed by atoms with E-state index >= 15 is 0 Å². The van der Waals surface area contributed by atoms with E-state index in [2.05, 4.69) is 15.4 Å². The standard InChI is InChI=1S/C18H24F3N3O6/c19-18(20,21)30-8-13(26)11(5-10-1-4-22-15(10)28)23-16(29)12-6-17(2-3-17)9-24(12)14(27)7-25/h10-12,25H,1-9H2,(H,22,28)(H,23,29)/t10-,11?,12-/m0/s1. The number of alkyl halides is 3. The Labute approximate surface area is 170 Å². The summed E-state index contributed by atoms with van der Waals surface area (Å²) in [5, 5.41) is 14.2. The number of nitrogens with one attached hydrogen (secondary N) is 2. The zero-order chi connectivity index (χ0) is 22.1. The van der Waals surface area contributed by atoms with Gasteiger partial charge in [0.1, 0.15) is 19.3 Å². The number of hydrogen-bond acceptors (Lipinski definition) is 6. The number of hydrogen-bond donors (Lipinski definition) is 3. The van der Waals surface area contributed by atoms with Gasteiger partial charge in [-0.1, -0.05) is 0 Å². The monoisotopic (exact) mass is 435 g/mol. The first-order chi connectivity index (χ1) is 14.0. The van der Waals surface area contributed by atoms with Gasteiger partial charge in [-0.15, -0.1) is 13.2 Å². The fourth-order valence-electron chi connectivity index (χ4n) is 4.13. The highest BCUT2D eigenvalue weighted by atomic mass is 19.4. The zero-order valence-electron chi connectivity index (χ0n) is 16.2. The van der Waals surface area contributed by atoms with Crippen molar-refractivity contribution in [2.75, 3.05) is 26.3 Å². The Kier molecular flexibility index (Phi) is 6.37. The molecule has 0 aromatic rings. The molecule has 9 nitrogen and oxygen atoms in total. The molecular formula is C18H24F3N3O6. The van der Waals surface area contributed by atoms with Crippen LogP contribution in [-0.2, 0) is 23.9 Å². The molecule has 1 unspecified atom stereocenters. The van der Waals surface area contributed by atoms with Crippen molar-refractivity contribution in [1.29, 1.82) is 0 Å². The average molecular weight is 435 g/mol. The highest BCUT2D eigenvalue weighted by Gasteiger charge is 2.55. The van der Waals surface area contributed by atoms with Crippen molar-refractivity contribution >= 4 is 23.5 Å². The van der Waals surface area contributed by atoms with Crippen LogP contribution in [0.3, 0.4) is 0 Å². The van der Waals surface area contributed by atoms with Gasteiger partial charge in [0.05, 0.1) is 6.04 Å². The molecule has 0 aromatic carbocycles. The third-order valence-electron chi connectivity index (χ3n) is 5.99. The number of carbonyl (C=O) groups excluding carboxylic acids is 4. The van der Waals surface area contributed by atoms with Gasteiger partial charge in [-0.2, -0.15) is 0 Å². The van der Waals surface area contributed by atoms with Gasteiger partial charge in [0.15, 0.2) is 5.78 Å². The van der Waals surface area contributed by atoms with Crippen LogP contribution in [0, 0.1) is 11.3 Å². The zero-order valence-corrected chi connectivity index (χ0v) is 16.2. The third-order valence-corrected chi connectivity index (χ3v) is 5.99. The van der Waals surface area contributed by atoms with Crippen LogP contribution in [0.1, 0.15) is 32.1 Å². The average Bonchev–Trinajstić information content (AvgIpc) is 3.14. The molecule has 12 heteroatoms. The lowest BCUT2D eigenvalue weighted by Gasteiger charge is -2.26. The molecule has 3 fully saturated rings. The largest absolute Gasteiger partial charge is 0.522 e. The van der Waals surface area contributed by atoms with Crippen molar-refractivity contribution in [2.45, 2.75) is 50.6 Å². The first-order valence-electron chi connectivity index (χ1n) is 9.75. The summed E-state index contributed by atoms with van der Waals surface area (Å²) < 4.78 is 40.6. The summed E-state index contributed by atoms with van der Waals surface area (Å²) in [6.45, 7) is -1.38. The molecule has 0 aromatic heterocycles. The second-order valence-corrected chi connectivity index (χ2v) is 8.17. The normalized spacial score (nSPS) is 25.9. The highest BCUT2D eigenvalue weighted by Crippen LogP contribution is 2.54. The van der Waals surface area contributed by atoms with Crippen LogP contribution in [0.4, 0.5) is 13.2 Å². The van der Waals surface area contributed by atoms with Crippen LogP contribution < -0.4 is 10.6 Å². The predicted molar refractivity (Wildman–Crippen MR) is 93.5 cm³/mol. The highest BCUT2D eigenvalue weighted by molar-refractivity contribution is 5.94. The summed E-state index contributed by atoms with van der Waals surface area (Å²) in [6.07, 6.45) is -2.77. The number of nitrogens with zero attached hydrogens (tertiary/aromatic N) is 1. The molecule has 30 heavy (non-hydrogen) atoms. The van der Waals surface area contributed by atoms with Gasteiger partial charge in [-0.25, -0.2) is 0 Å². The lowest BCUT2D eigenvalue weighted by molar-refractivity contribution is -0.321. The van der Waals surface area contributed by atoms with Crippen LogP contribution >= 0.6 is 0 Å². The quantitative estimate of drug-likeness (QED) is 0.471. The summed E-state index contributed by atoms with van der Waals surface area (Å²) in [7, 11) is 0. The van der Waals surface area contributed by atoms with E-state index < -0.39 is 55.2 Å². The molecule has 2 heterocycles. The summed E-state index contributed by atoms with van der Waals surface area (Å²) in [6, 6.07) is -2.29. The Balaban J connectivity index is 1.70. The van der Waals surface area contributed by atoms with Crippen molar-refractivity contribution < 1.29 is 42.2 Å². The van der Waals surface area contributed by atoms with Crippen LogP contribution in [0.2, 0.25) is 0 Å². The molecule has 3 rings (SSSR count). The van der Waals surface area contributed by atoms with Crippen LogP contribution in [-0.4, -0.2) is 78.3 Å². The molecule has 0 radical (unpaired) electrons. The topological polar surface area (TPSA) is 125 Å². The number of halogens is 3. The smallest absolute Gasteiger partial charge is 0.387 e. The molecule has 1 aliphatic carbocycles. The van der Waals surface area contributed by atoms with E-state index in [9.17, 15) is 37.5 Å². The Hall–Kier alpha value is -2.21. The predicted octanol–water partition coefficient (Wildman–Crippen LogP) is -0.524. The molecule has 2 saturated heterocycles. The van der Waals surface area contributed by atoms with Gasteiger partial charge in [0.25, 0.3) is 0 Å². The van der Waals surface area contributed by atoms with E-state index in [0.717, 1.165) is 12.8 Å². The lowest BCUT2D eigenvalue weighted by Crippen LogP contribution is -2.52. The van der Waals surface area contributed by atoms with Crippen molar-refractivity contribution in [3.8, 4) is 0 Å². The number of ketones is 1. The minimum Gasteiger partial charge on any atom is -0.387 e.